The third-order valence-corrected chi connectivity index (χ3v) is 7.08. The van der Waals surface area contributed by atoms with Gasteiger partial charge in [0.1, 0.15) is 0 Å². The lowest BCUT2D eigenvalue weighted by atomic mass is 9.96. The van der Waals surface area contributed by atoms with E-state index >= 15 is 0 Å². The van der Waals surface area contributed by atoms with Gasteiger partial charge in [0.25, 0.3) is 0 Å². The van der Waals surface area contributed by atoms with Crippen molar-refractivity contribution in [3.63, 3.8) is 0 Å². The van der Waals surface area contributed by atoms with Gasteiger partial charge in [-0.1, -0.05) is 97.1 Å². The summed E-state index contributed by atoms with van der Waals surface area (Å²) in [5.74, 6) is -2.51. The van der Waals surface area contributed by atoms with Gasteiger partial charge in [0, 0.05) is 25.2 Å². The van der Waals surface area contributed by atoms with Gasteiger partial charge in [0.15, 0.2) is 0 Å². The molecular formula is C38H38N2O4. The van der Waals surface area contributed by atoms with E-state index in [1.165, 1.54) is 54.2 Å². The molecule has 0 radical (unpaired) electrons. The zero-order chi connectivity index (χ0) is 31.6. The Balaban J connectivity index is 0.000000163. The van der Waals surface area contributed by atoms with E-state index in [9.17, 15) is 9.59 Å². The number of rotatable bonds is 6. The van der Waals surface area contributed by atoms with E-state index in [1.54, 1.807) is 0 Å². The second-order valence-electron chi connectivity index (χ2n) is 11.1. The zero-order valence-corrected chi connectivity index (χ0v) is 25.6. The SMILES string of the molecule is CN(C)Cc1c2ccccc2cc2ccccc12.CN(C)Cc1c2ccccc2cc2ccccc12.O=C(O)/C=C/C(=O)O. The molecule has 0 atom stereocenters. The third kappa shape index (κ3) is 8.28. The first-order chi connectivity index (χ1) is 21.1. The summed E-state index contributed by atoms with van der Waals surface area (Å²) < 4.78 is 0. The van der Waals surface area contributed by atoms with Gasteiger partial charge >= 0.3 is 11.9 Å². The summed E-state index contributed by atoms with van der Waals surface area (Å²) in [5.41, 5.74) is 2.85. The minimum absolute atomic E-state index is 0.558. The van der Waals surface area contributed by atoms with Crippen LogP contribution < -0.4 is 0 Å². The van der Waals surface area contributed by atoms with Crippen LogP contribution in [0.3, 0.4) is 0 Å². The topological polar surface area (TPSA) is 81.1 Å². The van der Waals surface area contributed by atoms with Crippen LogP contribution in [0, 0.1) is 0 Å². The summed E-state index contributed by atoms with van der Waals surface area (Å²) in [6.45, 7) is 1.95. The van der Waals surface area contributed by atoms with E-state index < -0.39 is 11.9 Å². The first-order valence-corrected chi connectivity index (χ1v) is 14.4. The zero-order valence-electron chi connectivity index (χ0n) is 25.6. The second-order valence-corrected chi connectivity index (χ2v) is 11.1. The molecule has 0 saturated heterocycles. The van der Waals surface area contributed by atoms with Crippen molar-refractivity contribution in [2.75, 3.05) is 28.2 Å². The maximum Gasteiger partial charge on any atom is 0.328 e. The average molecular weight is 587 g/mol. The molecular weight excluding hydrogens is 548 g/mol. The largest absolute Gasteiger partial charge is 0.478 e. The molecule has 0 saturated carbocycles. The smallest absolute Gasteiger partial charge is 0.328 e. The highest BCUT2D eigenvalue weighted by molar-refractivity contribution is 6.03. The molecule has 0 aliphatic carbocycles. The molecule has 0 heterocycles. The molecule has 6 heteroatoms. The molecule has 0 fully saturated rings. The number of fused-ring (bicyclic) bond motifs is 4. The summed E-state index contributed by atoms with van der Waals surface area (Å²) in [6, 6.07) is 39.2. The maximum atomic E-state index is 9.55. The first-order valence-electron chi connectivity index (χ1n) is 14.4. The van der Waals surface area contributed by atoms with Crippen LogP contribution in [0.25, 0.3) is 43.1 Å². The van der Waals surface area contributed by atoms with Crippen LogP contribution in [0.15, 0.2) is 121 Å². The fourth-order valence-corrected chi connectivity index (χ4v) is 5.33. The molecule has 6 aromatic rings. The Bertz CT molecular complexity index is 1690. The first kappa shape index (κ1) is 31.9. The van der Waals surface area contributed by atoms with Crippen molar-refractivity contribution in [2.45, 2.75) is 13.1 Å². The quantitative estimate of drug-likeness (QED) is 0.153. The molecule has 44 heavy (non-hydrogen) atoms. The number of carboxylic acid groups (broad SMARTS) is 2. The van der Waals surface area contributed by atoms with E-state index in [-0.39, 0.29) is 0 Å². The minimum atomic E-state index is -1.26. The molecule has 0 aliphatic heterocycles. The van der Waals surface area contributed by atoms with Crippen LogP contribution in [-0.2, 0) is 22.7 Å². The molecule has 6 rings (SSSR count). The molecule has 0 amide bonds. The fourth-order valence-electron chi connectivity index (χ4n) is 5.33. The van der Waals surface area contributed by atoms with Crippen LogP contribution in [-0.4, -0.2) is 60.1 Å². The highest BCUT2D eigenvalue weighted by atomic mass is 16.4. The van der Waals surface area contributed by atoms with Crippen molar-refractivity contribution in [1.29, 1.82) is 0 Å². The molecule has 0 bridgehead atoms. The Morgan fingerprint density at radius 1 is 0.500 bits per heavy atom. The molecule has 0 aromatic heterocycles. The van der Waals surface area contributed by atoms with E-state index in [1.807, 2.05) is 0 Å². The lowest BCUT2D eigenvalue weighted by molar-refractivity contribution is -0.134. The number of carboxylic acids is 2. The van der Waals surface area contributed by atoms with Gasteiger partial charge in [0.2, 0.25) is 0 Å². The number of carbonyl (C=O) groups is 2. The number of hydrogen-bond acceptors (Lipinski definition) is 4. The number of hydrogen-bond donors (Lipinski definition) is 2. The van der Waals surface area contributed by atoms with Gasteiger partial charge < -0.3 is 20.0 Å². The van der Waals surface area contributed by atoms with Crippen molar-refractivity contribution in [3.05, 3.63) is 132 Å². The Morgan fingerprint density at radius 2 is 0.750 bits per heavy atom. The lowest BCUT2D eigenvalue weighted by Gasteiger charge is -2.15. The van der Waals surface area contributed by atoms with Gasteiger partial charge in [-0.15, -0.1) is 0 Å². The van der Waals surface area contributed by atoms with E-state index in [2.05, 4.69) is 147 Å². The van der Waals surface area contributed by atoms with Crippen LogP contribution in [0.5, 0.6) is 0 Å². The maximum absolute atomic E-state index is 9.55. The Kier molecular flexibility index (Phi) is 10.8. The summed E-state index contributed by atoms with van der Waals surface area (Å²) >= 11 is 0. The Labute approximate surface area is 258 Å². The van der Waals surface area contributed by atoms with Gasteiger partial charge in [-0.2, -0.15) is 0 Å². The van der Waals surface area contributed by atoms with Crippen molar-refractivity contribution >= 4 is 55.0 Å². The van der Waals surface area contributed by atoms with E-state index in [4.69, 9.17) is 10.2 Å². The molecule has 0 spiro atoms. The molecule has 0 aliphatic rings. The number of aliphatic carboxylic acids is 2. The summed E-state index contributed by atoms with van der Waals surface area (Å²) in [4.78, 5) is 23.6. The predicted octanol–water partition coefficient (Wildman–Crippen LogP) is 7.82. The highest BCUT2D eigenvalue weighted by Gasteiger charge is 2.09. The monoisotopic (exact) mass is 586 g/mol. The van der Waals surface area contributed by atoms with Crippen LogP contribution in [0.1, 0.15) is 11.1 Å². The highest BCUT2D eigenvalue weighted by Crippen LogP contribution is 2.30. The van der Waals surface area contributed by atoms with Crippen molar-refractivity contribution < 1.29 is 19.8 Å². The summed E-state index contributed by atoms with van der Waals surface area (Å²) in [5, 5.41) is 26.4. The normalized spacial score (nSPS) is 11.1. The van der Waals surface area contributed by atoms with Crippen LogP contribution in [0.2, 0.25) is 0 Å². The van der Waals surface area contributed by atoms with E-state index in [0.29, 0.717) is 12.2 Å². The van der Waals surface area contributed by atoms with Gasteiger partial charge in [-0.05, 0) is 94.5 Å². The summed E-state index contributed by atoms with van der Waals surface area (Å²) in [6.07, 6.45) is 1.12. The van der Waals surface area contributed by atoms with Gasteiger partial charge in [-0.25, -0.2) is 9.59 Å². The molecule has 6 aromatic carbocycles. The minimum Gasteiger partial charge on any atom is -0.478 e. The predicted molar refractivity (Wildman–Crippen MR) is 182 cm³/mol. The van der Waals surface area contributed by atoms with Gasteiger partial charge in [0.05, 0.1) is 0 Å². The molecule has 224 valence electrons. The Hall–Kier alpha value is -5.04. The molecule has 2 N–H and O–H groups in total. The number of benzene rings is 6. The summed E-state index contributed by atoms with van der Waals surface area (Å²) in [7, 11) is 8.49. The Morgan fingerprint density at radius 3 is 0.977 bits per heavy atom. The van der Waals surface area contributed by atoms with Crippen molar-refractivity contribution in [1.82, 2.24) is 9.80 Å². The third-order valence-electron chi connectivity index (χ3n) is 7.08. The molecule has 0 unspecified atom stereocenters. The van der Waals surface area contributed by atoms with Crippen LogP contribution in [0.4, 0.5) is 0 Å². The number of nitrogens with zero attached hydrogens (tertiary/aromatic N) is 2. The standard InChI is InChI=1S/2C17H17N.C4H4O4/c2*1-18(2)12-17-15-9-5-3-7-13(15)11-14-8-4-6-10-16(14)17;5-3(6)1-2-4(7)8/h2*3-11H,12H2,1-2H3;1-2H,(H,5,6)(H,7,8)/b;;2-1+. The van der Waals surface area contributed by atoms with E-state index in [0.717, 1.165) is 13.1 Å². The van der Waals surface area contributed by atoms with Crippen LogP contribution >= 0.6 is 0 Å². The van der Waals surface area contributed by atoms with Crippen molar-refractivity contribution in [3.8, 4) is 0 Å². The fraction of sp³-hybridized carbons (Fsp3) is 0.158. The van der Waals surface area contributed by atoms with Gasteiger partial charge in [-0.3, -0.25) is 0 Å². The molecule has 6 nitrogen and oxygen atoms in total. The second kappa shape index (κ2) is 14.9. The average Bonchev–Trinajstić information content (AvgIpc) is 3.00. The van der Waals surface area contributed by atoms with Crippen molar-refractivity contribution in [2.24, 2.45) is 0 Å². The lowest BCUT2D eigenvalue weighted by Crippen LogP contribution is -2.11.